The number of benzene rings is 2. The van der Waals surface area contributed by atoms with Crippen LogP contribution in [-0.4, -0.2) is 48.4 Å². The summed E-state index contributed by atoms with van der Waals surface area (Å²) in [7, 11) is 0. The molecule has 1 saturated heterocycles. The van der Waals surface area contributed by atoms with Crippen molar-refractivity contribution in [3.05, 3.63) is 74.6 Å². The first-order chi connectivity index (χ1) is 16.1. The standard InChI is InChI=1S/C24H23ClF3N3O3/c1-15-2-4-18-16(11-23(33)34-21(18)10-15)13-30-6-8-31(9-7-30)14-22(32)29-20-12-17(24(26,27)28)3-5-19(20)25/h2-5,10-12H,6-9,13-14H2,1H3,(H,29,32). The summed E-state index contributed by atoms with van der Waals surface area (Å²) in [5.41, 5.74) is 1.12. The largest absolute Gasteiger partial charge is 0.423 e. The number of carbonyl (C=O) groups excluding carboxylic acids is 1. The van der Waals surface area contributed by atoms with Crippen LogP contribution >= 0.6 is 11.6 Å². The Morgan fingerprint density at radius 3 is 2.47 bits per heavy atom. The number of alkyl halides is 3. The second-order valence-corrected chi connectivity index (χ2v) is 8.79. The molecule has 1 aliphatic heterocycles. The van der Waals surface area contributed by atoms with Crippen LogP contribution in [0.15, 0.2) is 51.7 Å². The van der Waals surface area contributed by atoms with Gasteiger partial charge in [0, 0.05) is 44.2 Å². The third-order valence-corrected chi connectivity index (χ3v) is 6.11. The van der Waals surface area contributed by atoms with Gasteiger partial charge in [-0.15, -0.1) is 0 Å². The molecule has 0 atom stereocenters. The van der Waals surface area contributed by atoms with E-state index in [2.05, 4.69) is 10.2 Å². The smallest absolute Gasteiger partial charge is 0.416 e. The van der Waals surface area contributed by atoms with Gasteiger partial charge in [0.05, 0.1) is 22.8 Å². The van der Waals surface area contributed by atoms with E-state index in [1.807, 2.05) is 30.0 Å². The lowest BCUT2D eigenvalue weighted by atomic mass is 10.1. The number of carbonyl (C=O) groups is 1. The number of hydrogen-bond donors (Lipinski definition) is 1. The lowest BCUT2D eigenvalue weighted by Crippen LogP contribution is -2.48. The molecule has 1 N–H and O–H groups in total. The van der Waals surface area contributed by atoms with Crippen molar-refractivity contribution in [3.8, 4) is 0 Å². The Labute approximate surface area is 198 Å². The molecule has 0 spiro atoms. The summed E-state index contributed by atoms with van der Waals surface area (Å²) in [5.74, 6) is -0.434. The van der Waals surface area contributed by atoms with E-state index in [0.29, 0.717) is 38.3 Å². The van der Waals surface area contributed by atoms with Crippen molar-refractivity contribution in [1.82, 2.24) is 9.80 Å². The van der Waals surface area contributed by atoms with E-state index in [1.54, 1.807) is 0 Å². The molecule has 2 heterocycles. The summed E-state index contributed by atoms with van der Waals surface area (Å²) in [5, 5.41) is 3.42. The highest BCUT2D eigenvalue weighted by Gasteiger charge is 2.31. The first kappa shape index (κ1) is 24.3. The first-order valence-electron chi connectivity index (χ1n) is 10.7. The molecule has 3 aromatic rings. The van der Waals surface area contributed by atoms with Crippen molar-refractivity contribution in [2.75, 3.05) is 38.0 Å². The van der Waals surface area contributed by atoms with Crippen LogP contribution in [0.5, 0.6) is 0 Å². The lowest BCUT2D eigenvalue weighted by Gasteiger charge is -2.34. The highest BCUT2D eigenvalue weighted by molar-refractivity contribution is 6.33. The number of amides is 1. The molecule has 2 aromatic carbocycles. The van der Waals surface area contributed by atoms with Gasteiger partial charge in [0.1, 0.15) is 5.58 Å². The molecule has 1 aliphatic rings. The summed E-state index contributed by atoms with van der Waals surface area (Å²) in [6.07, 6.45) is -4.52. The Morgan fingerprint density at radius 2 is 1.76 bits per heavy atom. The van der Waals surface area contributed by atoms with Crippen LogP contribution in [-0.2, 0) is 17.5 Å². The number of nitrogens with zero attached hydrogens (tertiary/aromatic N) is 2. The zero-order chi connectivity index (χ0) is 24.5. The average Bonchev–Trinajstić information content (AvgIpc) is 2.75. The molecule has 1 fully saturated rings. The fourth-order valence-corrected chi connectivity index (χ4v) is 4.17. The third-order valence-electron chi connectivity index (χ3n) is 5.78. The summed E-state index contributed by atoms with van der Waals surface area (Å²) in [6, 6.07) is 10.1. The van der Waals surface area contributed by atoms with E-state index in [4.69, 9.17) is 16.0 Å². The molecule has 34 heavy (non-hydrogen) atoms. The SMILES string of the molecule is Cc1ccc2c(CN3CCN(CC(=O)Nc4cc(C(F)(F)F)ccc4Cl)CC3)cc(=O)oc2c1. The van der Waals surface area contributed by atoms with Crippen molar-refractivity contribution in [1.29, 1.82) is 0 Å². The van der Waals surface area contributed by atoms with E-state index in [0.717, 1.165) is 34.7 Å². The van der Waals surface area contributed by atoms with Gasteiger partial charge in [-0.3, -0.25) is 14.6 Å². The Hall–Kier alpha value is -2.88. The number of anilines is 1. The number of nitrogens with one attached hydrogen (secondary N) is 1. The molecule has 10 heteroatoms. The molecule has 6 nitrogen and oxygen atoms in total. The van der Waals surface area contributed by atoms with Crippen LogP contribution in [0, 0.1) is 6.92 Å². The van der Waals surface area contributed by atoms with Gasteiger partial charge in [0.2, 0.25) is 5.91 Å². The Balaban J connectivity index is 1.34. The molecule has 0 radical (unpaired) electrons. The molecule has 1 aromatic heterocycles. The summed E-state index contributed by atoms with van der Waals surface area (Å²) in [6.45, 7) is 5.09. The van der Waals surface area contributed by atoms with Crippen LogP contribution in [0.25, 0.3) is 11.0 Å². The second kappa shape index (κ2) is 9.77. The van der Waals surface area contributed by atoms with Gasteiger partial charge in [-0.25, -0.2) is 4.79 Å². The molecule has 4 rings (SSSR count). The van der Waals surface area contributed by atoms with Gasteiger partial charge in [-0.2, -0.15) is 13.2 Å². The minimum atomic E-state index is -4.52. The van der Waals surface area contributed by atoms with Gasteiger partial charge < -0.3 is 9.73 Å². The molecule has 0 bridgehead atoms. The van der Waals surface area contributed by atoms with E-state index < -0.39 is 23.3 Å². The fraction of sp³-hybridized carbons (Fsp3) is 0.333. The number of halogens is 4. The quantitative estimate of drug-likeness (QED) is 0.529. The van der Waals surface area contributed by atoms with E-state index in [1.165, 1.54) is 6.07 Å². The van der Waals surface area contributed by atoms with Crippen molar-refractivity contribution < 1.29 is 22.4 Å². The average molecular weight is 494 g/mol. The number of rotatable bonds is 5. The molecular formula is C24H23ClF3N3O3. The van der Waals surface area contributed by atoms with Crippen LogP contribution < -0.4 is 10.9 Å². The van der Waals surface area contributed by atoms with Crippen LogP contribution in [0.2, 0.25) is 5.02 Å². The summed E-state index contributed by atoms with van der Waals surface area (Å²) >= 11 is 5.96. The van der Waals surface area contributed by atoms with Crippen molar-refractivity contribution in [2.45, 2.75) is 19.6 Å². The number of fused-ring (bicyclic) bond motifs is 1. The third kappa shape index (κ3) is 5.78. The van der Waals surface area contributed by atoms with Gasteiger partial charge in [-0.05, 0) is 42.3 Å². The predicted molar refractivity (Wildman–Crippen MR) is 124 cm³/mol. The topological polar surface area (TPSA) is 65.8 Å². The van der Waals surface area contributed by atoms with Crippen molar-refractivity contribution in [2.24, 2.45) is 0 Å². The molecule has 0 unspecified atom stereocenters. The zero-order valence-corrected chi connectivity index (χ0v) is 19.2. The van der Waals surface area contributed by atoms with Crippen molar-refractivity contribution >= 4 is 34.2 Å². The summed E-state index contributed by atoms with van der Waals surface area (Å²) < 4.78 is 44.1. The minimum absolute atomic E-state index is 0.0392. The van der Waals surface area contributed by atoms with E-state index >= 15 is 0 Å². The number of hydrogen-bond acceptors (Lipinski definition) is 5. The van der Waals surface area contributed by atoms with Gasteiger partial charge in [-0.1, -0.05) is 23.7 Å². The monoisotopic (exact) mass is 493 g/mol. The molecule has 0 saturated carbocycles. The van der Waals surface area contributed by atoms with Gasteiger partial charge >= 0.3 is 11.8 Å². The number of aryl methyl sites for hydroxylation is 1. The van der Waals surface area contributed by atoms with Crippen LogP contribution in [0.4, 0.5) is 18.9 Å². The van der Waals surface area contributed by atoms with E-state index in [-0.39, 0.29) is 17.3 Å². The Bertz CT molecular complexity index is 1270. The highest BCUT2D eigenvalue weighted by Crippen LogP contribution is 2.33. The highest BCUT2D eigenvalue weighted by atomic mass is 35.5. The van der Waals surface area contributed by atoms with Crippen molar-refractivity contribution in [3.63, 3.8) is 0 Å². The second-order valence-electron chi connectivity index (χ2n) is 8.38. The maximum atomic E-state index is 12.9. The van der Waals surface area contributed by atoms with E-state index in [9.17, 15) is 22.8 Å². The lowest BCUT2D eigenvalue weighted by molar-refractivity contribution is -0.137. The molecule has 1 amide bonds. The zero-order valence-electron chi connectivity index (χ0n) is 18.4. The fourth-order valence-electron chi connectivity index (χ4n) is 4.00. The van der Waals surface area contributed by atoms with Crippen LogP contribution in [0.3, 0.4) is 0 Å². The maximum absolute atomic E-state index is 12.9. The molecule has 180 valence electrons. The first-order valence-corrected chi connectivity index (χ1v) is 11.1. The maximum Gasteiger partial charge on any atom is 0.416 e. The Kier molecular flexibility index (Phi) is 6.97. The van der Waals surface area contributed by atoms with Gasteiger partial charge in [0.15, 0.2) is 0 Å². The van der Waals surface area contributed by atoms with Crippen LogP contribution in [0.1, 0.15) is 16.7 Å². The minimum Gasteiger partial charge on any atom is -0.423 e. The predicted octanol–water partition coefficient (Wildman–Crippen LogP) is 4.53. The Morgan fingerprint density at radius 1 is 1.06 bits per heavy atom. The normalized spacial score (nSPS) is 15.6. The summed E-state index contributed by atoms with van der Waals surface area (Å²) in [4.78, 5) is 28.5. The molecular weight excluding hydrogens is 471 g/mol. The van der Waals surface area contributed by atoms with Gasteiger partial charge in [0.25, 0.3) is 0 Å². The number of piperazine rings is 1. The molecule has 0 aliphatic carbocycles.